The second-order valence-electron chi connectivity index (χ2n) is 5.94. The van der Waals surface area contributed by atoms with Gasteiger partial charge in [0.15, 0.2) is 0 Å². The first-order valence-corrected chi connectivity index (χ1v) is 7.39. The Labute approximate surface area is 122 Å². The Kier molecular flexibility index (Phi) is 4.49. The van der Waals surface area contributed by atoms with Crippen molar-refractivity contribution < 1.29 is 22.8 Å². The molecule has 0 spiro atoms. The molecule has 0 unspecified atom stereocenters. The van der Waals surface area contributed by atoms with Crippen LogP contribution >= 0.6 is 0 Å². The van der Waals surface area contributed by atoms with Gasteiger partial charge in [-0.2, -0.15) is 13.2 Å². The predicted molar refractivity (Wildman–Crippen MR) is 70.4 cm³/mol. The van der Waals surface area contributed by atoms with E-state index in [-0.39, 0.29) is 31.8 Å². The Morgan fingerprint density at radius 3 is 1.86 bits per heavy atom. The molecule has 2 amide bonds. The van der Waals surface area contributed by atoms with E-state index in [1.807, 2.05) is 0 Å². The summed E-state index contributed by atoms with van der Waals surface area (Å²) in [4.78, 5) is 26.5. The van der Waals surface area contributed by atoms with Gasteiger partial charge in [-0.05, 0) is 32.1 Å². The van der Waals surface area contributed by atoms with E-state index in [9.17, 15) is 22.8 Å². The highest BCUT2D eigenvalue weighted by atomic mass is 19.4. The van der Waals surface area contributed by atoms with Crippen LogP contribution in [0.2, 0.25) is 0 Å². The van der Waals surface area contributed by atoms with Gasteiger partial charge < -0.3 is 9.80 Å². The maximum atomic E-state index is 13.6. The van der Waals surface area contributed by atoms with Crippen molar-refractivity contribution in [3.8, 4) is 0 Å². The first kappa shape index (κ1) is 16.1. The number of piperidine rings is 2. The summed E-state index contributed by atoms with van der Waals surface area (Å²) < 4.78 is 40.7. The fourth-order valence-electron chi connectivity index (χ4n) is 3.22. The van der Waals surface area contributed by atoms with Gasteiger partial charge in [-0.15, -0.1) is 0 Å². The van der Waals surface area contributed by atoms with Gasteiger partial charge >= 0.3 is 6.18 Å². The van der Waals surface area contributed by atoms with Crippen LogP contribution in [-0.4, -0.2) is 54.0 Å². The molecule has 2 rings (SSSR count). The molecule has 2 aliphatic rings. The summed E-state index contributed by atoms with van der Waals surface area (Å²) in [6, 6.07) is 0. The van der Waals surface area contributed by atoms with Gasteiger partial charge in [-0.1, -0.05) is 0 Å². The molecule has 2 heterocycles. The van der Waals surface area contributed by atoms with Crippen LogP contribution in [-0.2, 0) is 9.59 Å². The smallest absolute Gasteiger partial charge is 0.343 e. The summed E-state index contributed by atoms with van der Waals surface area (Å²) >= 11 is 0. The Balaban J connectivity index is 2.19. The molecule has 0 atom stereocenters. The zero-order chi connectivity index (χ0) is 15.7. The lowest BCUT2D eigenvalue weighted by Crippen LogP contribution is -2.58. The number of carbonyl (C=O) groups is 2. The molecule has 0 aromatic rings. The minimum absolute atomic E-state index is 0.00553. The summed E-state index contributed by atoms with van der Waals surface area (Å²) in [6.07, 6.45) is -2.74. The first-order valence-electron chi connectivity index (χ1n) is 7.39. The van der Waals surface area contributed by atoms with Gasteiger partial charge in [0.25, 0.3) is 0 Å². The van der Waals surface area contributed by atoms with Crippen LogP contribution in [0.4, 0.5) is 13.2 Å². The number of halogens is 3. The second-order valence-corrected chi connectivity index (χ2v) is 5.94. The number of carbonyl (C=O) groups excluding carboxylic acids is 2. The summed E-state index contributed by atoms with van der Waals surface area (Å²) in [5.41, 5.74) is -2.31. The average molecular weight is 306 g/mol. The molecule has 21 heavy (non-hydrogen) atoms. The van der Waals surface area contributed by atoms with Crippen LogP contribution < -0.4 is 0 Å². The molecular weight excluding hydrogens is 285 g/mol. The van der Waals surface area contributed by atoms with Crippen molar-refractivity contribution in [3.63, 3.8) is 0 Å². The number of hydrogen-bond donors (Lipinski definition) is 0. The van der Waals surface area contributed by atoms with E-state index in [1.54, 1.807) is 0 Å². The Morgan fingerprint density at radius 2 is 1.43 bits per heavy atom. The Bertz CT molecular complexity index is 409. The largest absolute Gasteiger partial charge is 0.403 e. The van der Waals surface area contributed by atoms with Gasteiger partial charge in [0.1, 0.15) is 5.41 Å². The summed E-state index contributed by atoms with van der Waals surface area (Å²) in [7, 11) is 0. The third kappa shape index (κ3) is 3.01. The topological polar surface area (TPSA) is 40.6 Å². The van der Waals surface area contributed by atoms with Crippen LogP contribution in [0.1, 0.15) is 39.0 Å². The zero-order valence-corrected chi connectivity index (χ0v) is 12.2. The molecule has 0 radical (unpaired) electrons. The zero-order valence-electron chi connectivity index (χ0n) is 12.2. The normalized spacial score (nSPS) is 23.0. The minimum atomic E-state index is -4.57. The molecule has 0 aromatic heterocycles. The van der Waals surface area contributed by atoms with Gasteiger partial charge in [0.05, 0.1) is 0 Å². The van der Waals surface area contributed by atoms with Gasteiger partial charge in [0, 0.05) is 33.1 Å². The van der Waals surface area contributed by atoms with Crippen LogP contribution in [0.5, 0.6) is 0 Å². The predicted octanol–water partition coefficient (Wildman–Crippen LogP) is 2.19. The minimum Gasteiger partial charge on any atom is -0.343 e. The summed E-state index contributed by atoms with van der Waals surface area (Å²) in [6.45, 7) is 2.15. The molecule has 7 heteroatoms. The second kappa shape index (κ2) is 5.85. The number of nitrogens with zero attached hydrogens (tertiary/aromatic N) is 2. The van der Waals surface area contributed by atoms with E-state index in [4.69, 9.17) is 0 Å². The van der Waals surface area contributed by atoms with E-state index in [2.05, 4.69) is 0 Å². The number of amides is 2. The van der Waals surface area contributed by atoms with Crippen LogP contribution in [0.15, 0.2) is 0 Å². The number of rotatable bonds is 1. The number of alkyl halides is 3. The molecule has 0 saturated carbocycles. The maximum absolute atomic E-state index is 13.6. The lowest BCUT2D eigenvalue weighted by molar-refractivity contribution is -0.238. The first-order chi connectivity index (χ1) is 9.78. The van der Waals surface area contributed by atoms with Crippen molar-refractivity contribution >= 4 is 11.8 Å². The highest BCUT2D eigenvalue weighted by Gasteiger charge is 2.62. The van der Waals surface area contributed by atoms with E-state index < -0.39 is 17.5 Å². The Morgan fingerprint density at radius 1 is 0.905 bits per heavy atom. The fourth-order valence-corrected chi connectivity index (χ4v) is 3.22. The monoisotopic (exact) mass is 306 g/mol. The molecular formula is C14H21F3N2O2. The molecule has 0 aliphatic carbocycles. The van der Waals surface area contributed by atoms with Crippen molar-refractivity contribution in [3.05, 3.63) is 0 Å². The fraction of sp³-hybridized carbons (Fsp3) is 0.857. The highest BCUT2D eigenvalue weighted by molar-refractivity contribution is 5.84. The quantitative estimate of drug-likeness (QED) is 0.745. The van der Waals surface area contributed by atoms with Crippen LogP contribution in [0.25, 0.3) is 0 Å². The van der Waals surface area contributed by atoms with Crippen molar-refractivity contribution in [2.75, 3.05) is 26.2 Å². The third-order valence-corrected chi connectivity index (χ3v) is 4.66. The molecule has 120 valence electrons. The maximum Gasteiger partial charge on any atom is 0.403 e. The van der Waals surface area contributed by atoms with E-state index in [0.29, 0.717) is 13.1 Å². The summed E-state index contributed by atoms with van der Waals surface area (Å²) in [5, 5.41) is 0. The van der Waals surface area contributed by atoms with Crippen molar-refractivity contribution in [2.24, 2.45) is 5.41 Å². The van der Waals surface area contributed by atoms with E-state index >= 15 is 0 Å². The molecule has 4 nitrogen and oxygen atoms in total. The standard InChI is InChI=1S/C14H21F3N2O2/c1-11(20)18-9-5-13(6-10-18,14(15,16)17)12(21)19-7-3-2-4-8-19/h2-10H2,1H3. The van der Waals surface area contributed by atoms with Gasteiger partial charge in [0.2, 0.25) is 11.8 Å². The van der Waals surface area contributed by atoms with E-state index in [0.717, 1.165) is 19.3 Å². The lowest BCUT2D eigenvalue weighted by atomic mass is 9.76. The van der Waals surface area contributed by atoms with Crippen molar-refractivity contribution in [1.82, 2.24) is 9.80 Å². The SMILES string of the molecule is CC(=O)N1CCC(C(=O)N2CCCCC2)(C(F)(F)F)CC1. The number of likely N-dealkylation sites (tertiary alicyclic amines) is 2. The number of hydrogen-bond acceptors (Lipinski definition) is 2. The van der Waals surface area contributed by atoms with Crippen molar-refractivity contribution in [1.29, 1.82) is 0 Å². The van der Waals surface area contributed by atoms with Gasteiger partial charge in [-0.3, -0.25) is 9.59 Å². The van der Waals surface area contributed by atoms with Crippen LogP contribution in [0, 0.1) is 5.41 Å². The molecule has 2 aliphatic heterocycles. The van der Waals surface area contributed by atoms with Gasteiger partial charge in [-0.25, -0.2) is 0 Å². The molecule has 2 fully saturated rings. The third-order valence-electron chi connectivity index (χ3n) is 4.66. The molecule has 2 saturated heterocycles. The Hall–Kier alpha value is -1.27. The highest BCUT2D eigenvalue weighted by Crippen LogP contribution is 2.48. The van der Waals surface area contributed by atoms with E-state index in [1.165, 1.54) is 16.7 Å². The van der Waals surface area contributed by atoms with Crippen LogP contribution in [0.3, 0.4) is 0 Å². The van der Waals surface area contributed by atoms with Crippen molar-refractivity contribution in [2.45, 2.75) is 45.2 Å². The lowest BCUT2D eigenvalue weighted by Gasteiger charge is -2.44. The molecule has 0 N–H and O–H groups in total. The molecule has 0 aromatic carbocycles. The summed E-state index contributed by atoms with van der Waals surface area (Å²) in [5.74, 6) is -1.03. The average Bonchev–Trinajstić information content (AvgIpc) is 2.46. The molecule has 0 bridgehead atoms.